The Labute approximate surface area is 167 Å². The van der Waals surface area contributed by atoms with E-state index in [0.717, 1.165) is 25.7 Å². The van der Waals surface area contributed by atoms with Gasteiger partial charge in [-0.1, -0.05) is 30.3 Å². The van der Waals surface area contributed by atoms with Gasteiger partial charge >= 0.3 is 0 Å². The molecule has 4 rings (SSSR count). The van der Waals surface area contributed by atoms with Crippen LogP contribution in [0.2, 0.25) is 0 Å². The lowest BCUT2D eigenvalue weighted by molar-refractivity contribution is -0.146. The second kappa shape index (κ2) is 8.21. The van der Waals surface area contributed by atoms with Crippen molar-refractivity contribution in [2.24, 2.45) is 11.7 Å². The lowest BCUT2D eigenvalue weighted by atomic mass is 9.87. The van der Waals surface area contributed by atoms with E-state index in [2.05, 4.69) is 17.0 Å². The first-order valence-corrected chi connectivity index (χ1v) is 10.6. The molecule has 6 heteroatoms. The van der Waals surface area contributed by atoms with Crippen LogP contribution in [-0.2, 0) is 20.9 Å². The van der Waals surface area contributed by atoms with Gasteiger partial charge in [-0.3, -0.25) is 9.59 Å². The fraction of sp³-hybridized carbons (Fsp3) is 0.636. The number of hydrogen-bond acceptors (Lipinski definition) is 4. The summed E-state index contributed by atoms with van der Waals surface area (Å²) in [5.74, 6) is 0.300. The molecule has 2 saturated heterocycles. The zero-order valence-corrected chi connectivity index (χ0v) is 16.5. The van der Waals surface area contributed by atoms with Crippen LogP contribution in [0.3, 0.4) is 0 Å². The highest BCUT2D eigenvalue weighted by Crippen LogP contribution is 2.32. The van der Waals surface area contributed by atoms with Crippen molar-refractivity contribution in [2.45, 2.75) is 56.7 Å². The zero-order valence-electron chi connectivity index (χ0n) is 16.5. The summed E-state index contributed by atoms with van der Waals surface area (Å²) in [6.07, 6.45) is 4.83. The van der Waals surface area contributed by atoms with Gasteiger partial charge in [0.2, 0.25) is 11.8 Å². The first kappa shape index (κ1) is 19.4. The topological polar surface area (TPSA) is 75.9 Å². The number of rotatable bonds is 5. The number of nitrogens with zero attached hydrogens (tertiary/aromatic N) is 2. The van der Waals surface area contributed by atoms with Crippen molar-refractivity contribution >= 4 is 11.8 Å². The molecule has 2 amide bonds. The minimum absolute atomic E-state index is 0.0109. The molecule has 152 valence electrons. The highest BCUT2D eigenvalue weighted by molar-refractivity contribution is 5.87. The number of nitrogens with two attached hydrogens (primary N) is 1. The molecular formula is C22H31N3O3. The maximum atomic E-state index is 13.2. The van der Waals surface area contributed by atoms with E-state index in [1.807, 2.05) is 23.1 Å². The molecule has 0 bridgehead atoms. The third-order valence-electron chi connectivity index (χ3n) is 6.41. The standard InChI is InChI=1S/C22H31N3O3/c23-22(10-14-28-15-11-22)21(27)24-12-8-18(9-13-24)20(26)25(19-6-7-19)16-17-4-2-1-3-5-17/h1-5,18-19H,6-16,23H2. The molecular weight excluding hydrogens is 354 g/mol. The Kier molecular flexibility index (Phi) is 5.69. The lowest BCUT2D eigenvalue weighted by Crippen LogP contribution is -2.59. The van der Waals surface area contributed by atoms with Gasteiger partial charge in [0.15, 0.2) is 0 Å². The molecule has 3 fully saturated rings. The zero-order chi connectivity index (χ0) is 19.6. The van der Waals surface area contributed by atoms with Crippen LogP contribution < -0.4 is 5.73 Å². The Morgan fingerprint density at radius 2 is 1.71 bits per heavy atom. The smallest absolute Gasteiger partial charge is 0.242 e. The predicted octanol–water partition coefficient (Wildman–Crippen LogP) is 1.92. The Hall–Kier alpha value is -1.92. The van der Waals surface area contributed by atoms with E-state index in [0.29, 0.717) is 51.7 Å². The van der Waals surface area contributed by atoms with E-state index in [1.54, 1.807) is 0 Å². The highest BCUT2D eigenvalue weighted by Gasteiger charge is 2.42. The Morgan fingerprint density at radius 1 is 1.07 bits per heavy atom. The van der Waals surface area contributed by atoms with Crippen molar-refractivity contribution in [2.75, 3.05) is 26.3 Å². The summed E-state index contributed by atoms with van der Waals surface area (Å²) < 4.78 is 5.35. The second-order valence-electron chi connectivity index (χ2n) is 8.52. The molecule has 28 heavy (non-hydrogen) atoms. The molecule has 2 heterocycles. The summed E-state index contributed by atoms with van der Waals surface area (Å²) in [4.78, 5) is 30.0. The number of likely N-dealkylation sites (tertiary alicyclic amines) is 1. The number of carbonyl (C=O) groups excluding carboxylic acids is 2. The fourth-order valence-corrected chi connectivity index (χ4v) is 4.38. The van der Waals surface area contributed by atoms with Crippen molar-refractivity contribution in [3.8, 4) is 0 Å². The van der Waals surface area contributed by atoms with Crippen LogP contribution in [-0.4, -0.2) is 59.5 Å². The molecule has 2 aliphatic heterocycles. The van der Waals surface area contributed by atoms with Crippen LogP contribution >= 0.6 is 0 Å². The summed E-state index contributed by atoms with van der Waals surface area (Å²) in [5, 5.41) is 0. The van der Waals surface area contributed by atoms with E-state index in [4.69, 9.17) is 10.5 Å². The van der Waals surface area contributed by atoms with Gasteiger partial charge in [0.1, 0.15) is 0 Å². The molecule has 0 aromatic heterocycles. The van der Waals surface area contributed by atoms with Crippen molar-refractivity contribution in [1.29, 1.82) is 0 Å². The Bertz CT molecular complexity index is 690. The van der Waals surface area contributed by atoms with Gasteiger partial charge < -0.3 is 20.3 Å². The van der Waals surface area contributed by atoms with E-state index in [1.165, 1.54) is 5.56 Å². The van der Waals surface area contributed by atoms with Crippen LogP contribution in [0.1, 0.15) is 44.1 Å². The average molecular weight is 386 g/mol. The minimum atomic E-state index is -0.789. The summed E-state index contributed by atoms with van der Waals surface area (Å²) in [6, 6.07) is 10.6. The normalized spacial score (nSPS) is 22.7. The number of piperidine rings is 1. The van der Waals surface area contributed by atoms with Crippen molar-refractivity contribution in [3.05, 3.63) is 35.9 Å². The van der Waals surface area contributed by atoms with Crippen LogP contribution in [0, 0.1) is 5.92 Å². The first-order chi connectivity index (χ1) is 13.6. The molecule has 1 aromatic carbocycles. The second-order valence-corrected chi connectivity index (χ2v) is 8.52. The number of carbonyl (C=O) groups is 2. The fourth-order valence-electron chi connectivity index (χ4n) is 4.38. The third-order valence-corrected chi connectivity index (χ3v) is 6.41. The molecule has 6 nitrogen and oxygen atoms in total. The molecule has 2 N–H and O–H groups in total. The van der Waals surface area contributed by atoms with Gasteiger partial charge in [-0.15, -0.1) is 0 Å². The van der Waals surface area contributed by atoms with E-state index in [9.17, 15) is 9.59 Å². The van der Waals surface area contributed by atoms with Gasteiger partial charge in [-0.05, 0) is 44.1 Å². The quantitative estimate of drug-likeness (QED) is 0.840. The van der Waals surface area contributed by atoms with Crippen LogP contribution in [0.5, 0.6) is 0 Å². The maximum Gasteiger partial charge on any atom is 0.242 e. The molecule has 0 radical (unpaired) electrons. The molecule has 3 aliphatic rings. The van der Waals surface area contributed by atoms with Crippen LogP contribution in [0.25, 0.3) is 0 Å². The summed E-state index contributed by atoms with van der Waals surface area (Å²) in [5.41, 5.74) is 6.75. The molecule has 0 spiro atoms. The monoisotopic (exact) mass is 385 g/mol. The SMILES string of the molecule is NC1(C(=O)N2CCC(C(=O)N(Cc3ccccc3)C3CC3)CC2)CCOCC1. The number of benzene rings is 1. The molecule has 1 aliphatic carbocycles. The maximum absolute atomic E-state index is 13.2. The molecule has 1 saturated carbocycles. The largest absolute Gasteiger partial charge is 0.381 e. The number of amides is 2. The highest BCUT2D eigenvalue weighted by atomic mass is 16.5. The summed E-state index contributed by atoms with van der Waals surface area (Å²) >= 11 is 0. The van der Waals surface area contributed by atoms with Gasteiger partial charge in [0.25, 0.3) is 0 Å². The Morgan fingerprint density at radius 3 is 2.32 bits per heavy atom. The predicted molar refractivity (Wildman–Crippen MR) is 106 cm³/mol. The summed E-state index contributed by atoms with van der Waals surface area (Å²) in [6.45, 7) is 3.03. The van der Waals surface area contributed by atoms with E-state index >= 15 is 0 Å². The van der Waals surface area contributed by atoms with Crippen molar-refractivity contribution < 1.29 is 14.3 Å². The van der Waals surface area contributed by atoms with Crippen molar-refractivity contribution in [3.63, 3.8) is 0 Å². The lowest BCUT2D eigenvalue weighted by Gasteiger charge is -2.40. The third kappa shape index (κ3) is 4.23. The Balaban J connectivity index is 1.34. The van der Waals surface area contributed by atoms with Gasteiger partial charge in [0, 0.05) is 44.8 Å². The van der Waals surface area contributed by atoms with Crippen molar-refractivity contribution in [1.82, 2.24) is 9.80 Å². The van der Waals surface area contributed by atoms with E-state index < -0.39 is 5.54 Å². The van der Waals surface area contributed by atoms with Crippen LogP contribution in [0.15, 0.2) is 30.3 Å². The molecule has 0 atom stereocenters. The number of ether oxygens (including phenoxy) is 1. The average Bonchev–Trinajstić information content (AvgIpc) is 3.58. The van der Waals surface area contributed by atoms with Gasteiger partial charge in [-0.2, -0.15) is 0 Å². The summed E-state index contributed by atoms with van der Waals surface area (Å²) in [7, 11) is 0. The van der Waals surface area contributed by atoms with Gasteiger partial charge in [0.05, 0.1) is 5.54 Å². The molecule has 0 unspecified atom stereocenters. The minimum Gasteiger partial charge on any atom is -0.381 e. The number of hydrogen-bond donors (Lipinski definition) is 1. The first-order valence-electron chi connectivity index (χ1n) is 10.6. The van der Waals surface area contributed by atoms with Gasteiger partial charge in [-0.25, -0.2) is 0 Å². The molecule has 1 aromatic rings. The van der Waals surface area contributed by atoms with E-state index in [-0.39, 0.29) is 17.7 Å². The van der Waals surface area contributed by atoms with Crippen LogP contribution in [0.4, 0.5) is 0 Å².